The van der Waals surface area contributed by atoms with Crippen molar-refractivity contribution in [2.45, 2.75) is 13.0 Å². The van der Waals surface area contributed by atoms with Crippen molar-refractivity contribution in [3.63, 3.8) is 0 Å². The summed E-state index contributed by atoms with van der Waals surface area (Å²) in [6.07, 6.45) is 0.875. The maximum absolute atomic E-state index is 11.5. The SMILES string of the molecule is O=Cc1ccc(C#CCCNC(=O)OCc2ccccc2)s1. The van der Waals surface area contributed by atoms with Gasteiger partial charge in [-0.1, -0.05) is 42.2 Å². The number of carbonyl (C=O) groups is 2. The topological polar surface area (TPSA) is 55.4 Å². The highest BCUT2D eigenvalue weighted by Gasteiger charge is 2.00. The molecule has 1 N–H and O–H groups in total. The van der Waals surface area contributed by atoms with Crippen LogP contribution in [0.1, 0.15) is 26.5 Å². The van der Waals surface area contributed by atoms with E-state index in [0.29, 0.717) is 17.8 Å². The summed E-state index contributed by atoms with van der Waals surface area (Å²) in [5, 5.41) is 2.64. The molecule has 0 aliphatic heterocycles. The Kier molecular flexibility index (Phi) is 6.21. The number of ether oxygens (including phenoxy) is 1. The Morgan fingerprint density at radius 3 is 2.77 bits per heavy atom. The standard InChI is InChI=1S/C17H15NO3S/c19-12-16-10-9-15(22-16)8-4-5-11-18-17(20)21-13-14-6-2-1-3-7-14/h1-3,6-7,9-10,12H,5,11,13H2,(H,18,20). The third-order valence-corrected chi connectivity index (χ3v) is 3.61. The Bertz CT molecular complexity index is 683. The number of carbonyl (C=O) groups excluding carboxylic acids is 2. The van der Waals surface area contributed by atoms with Crippen molar-refractivity contribution in [2.24, 2.45) is 0 Å². The molecule has 112 valence electrons. The number of hydrogen-bond donors (Lipinski definition) is 1. The number of alkyl carbamates (subject to hydrolysis) is 1. The highest BCUT2D eigenvalue weighted by molar-refractivity contribution is 7.14. The molecule has 22 heavy (non-hydrogen) atoms. The Balaban J connectivity index is 1.64. The summed E-state index contributed by atoms with van der Waals surface area (Å²) in [5.74, 6) is 5.89. The van der Waals surface area contributed by atoms with Gasteiger partial charge in [0.25, 0.3) is 0 Å². The molecule has 0 fully saturated rings. The van der Waals surface area contributed by atoms with Crippen LogP contribution in [0.4, 0.5) is 4.79 Å². The summed E-state index contributed by atoms with van der Waals surface area (Å²) in [6, 6.07) is 13.0. The summed E-state index contributed by atoms with van der Waals surface area (Å²) >= 11 is 1.35. The second-order valence-electron chi connectivity index (χ2n) is 4.36. The normalized spacial score (nSPS) is 9.45. The van der Waals surface area contributed by atoms with E-state index < -0.39 is 6.09 Å². The number of benzene rings is 1. The molecule has 1 heterocycles. The van der Waals surface area contributed by atoms with Gasteiger partial charge in [-0.15, -0.1) is 11.3 Å². The van der Waals surface area contributed by atoms with E-state index in [1.165, 1.54) is 11.3 Å². The van der Waals surface area contributed by atoms with Crippen LogP contribution in [0, 0.1) is 11.8 Å². The summed E-state index contributed by atoms with van der Waals surface area (Å²) in [4.78, 5) is 23.5. The quantitative estimate of drug-likeness (QED) is 0.524. The molecule has 2 rings (SSSR count). The summed E-state index contributed by atoms with van der Waals surface area (Å²) in [6.45, 7) is 0.675. The van der Waals surface area contributed by atoms with E-state index in [0.717, 1.165) is 16.7 Å². The van der Waals surface area contributed by atoms with E-state index in [2.05, 4.69) is 17.2 Å². The van der Waals surface area contributed by atoms with Crippen LogP contribution in [0.3, 0.4) is 0 Å². The van der Waals surface area contributed by atoms with Gasteiger partial charge in [-0.2, -0.15) is 0 Å². The molecule has 1 aromatic carbocycles. The van der Waals surface area contributed by atoms with Gasteiger partial charge in [0.1, 0.15) is 6.61 Å². The molecule has 2 aromatic rings. The zero-order valence-electron chi connectivity index (χ0n) is 11.9. The van der Waals surface area contributed by atoms with Gasteiger partial charge < -0.3 is 10.1 Å². The number of rotatable bonds is 5. The minimum absolute atomic E-state index is 0.252. The number of hydrogen-bond acceptors (Lipinski definition) is 4. The van der Waals surface area contributed by atoms with Crippen LogP contribution in [-0.2, 0) is 11.3 Å². The molecule has 0 unspecified atom stereocenters. The lowest BCUT2D eigenvalue weighted by Gasteiger charge is -2.05. The Labute approximate surface area is 133 Å². The Morgan fingerprint density at radius 1 is 1.23 bits per heavy atom. The van der Waals surface area contributed by atoms with Gasteiger partial charge in [0, 0.05) is 13.0 Å². The minimum atomic E-state index is -0.454. The largest absolute Gasteiger partial charge is 0.445 e. The molecule has 0 saturated heterocycles. The molecule has 1 amide bonds. The molecule has 0 aliphatic carbocycles. The number of nitrogens with one attached hydrogen (secondary N) is 1. The first-order valence-corrected chi connectivity index (χ1v) is 7.58. The predicted octanol–water partition coefficient (Wildman–Crippen LogP) is 3.23. The van der Waals surface area contributed by atoms with Crippen molar-refractivity contribution in [2.75, 3.05) is 6.54 Å². The van der Waals surface area contributed by atoms with Gasteiger partial charge in [0.15, 0.2) is 6.29 Å². The molecule has 4 nitrogen and oxygen atoms in total. The zero-order valence-corrected chi connectivity index (χ0v) is 12.7. The average Bonchev–Trinajstić information content (AvgIpc) is 3.01. The van der Waals surface area contributed by atoms with Gasteiger partial charge in [-0.05, 0) is 17.7 Å². The van der Waals surface area contributed by atoms with Crippen molar-refractivity contribution in [3.8, 4) is 11.8 Å². The van der Waals surface area contributed by atoms with Gasteiger partial charge in [-0.3, -0.25) is 4.79 Å². The first-order valence-electron chi connectivity index (χ1n) is 6.76. The zero-order chi connectivity index (χ0) is 15.6. The van der Waals surface area contributed by atoms with Crippen molar-refractivity contribution in [1.82, 2.24) is 5.32 Å². The molecule has 0 bridgehead atoms. The summed E-state index contributed by atoms with van der Waals surface area (Å²) in [7, 11) is 0. The smallest absolute Gasteiger partial charge is 0.407 e. The maximum atomic E-state index is 11.5. The van der Waals surface area contributed by atoms with Gasteiger partial charge in [-0.25, -0.2) is 4.79 Å². The van der Waals surface area contributed by atoms with Crippen LogP contribution in [0.2, 0.25) is 0 Å². The van der Waals surface area contributed by atoms with Crippen molar-refractivity contribution in [3.05, 3.63) is 57.8 Å². The van der Waals surface area contributed by atoms with Crippen LogP contribution >= 0.6 is 11.3 Å². The third-order valence-electron chi connectivity index (χ3n) is 2.69. The fourth-order valence-corrected chi connectivity index (χ4v) is 2.33. The van der Waals surface area contributed by atoms with E-state index in [1.54, 1.807) is 6.07 Å². The Hall–Kier alpha value is -2.58. The number of amides is 1. The summed E-state index contributed by atoms with van der Waals surface area (Å²) < 4.78 is 5.08. The van der Waals surface area contributed by atoms with Crippen molar-refractivity contribution >= 4 is 23.7 Å². The maximum Gasteiger partial charge on any atom is 0.407 e. The first-order chi connectivity index (χ1) is 10.8. The highest BCUT2D eigenvalue weighted by atomic mass is 32.1. The molecule has 0 aliphatic rings. The number of thiophene rings is 1. The third kappa shape index (κ3) is 5.43. The first kappa shape index (κ1) is 15.8. The fourth-order valence-electron chi connectivity index (χ4n) is 1.63. The second-order valence-corrected chi connectivity index (χ2v) is 5.48. The van der Waals surface area contributed by atoms with Crippen molar-refractivity contribution in [1.29, 1.82) is 0 Å². The van der Waals surface area contributed by atoms with Gasteiger partial charge in [0.2, 0.25) is 0 Å². The van der Waals surface area contributed by atoms with E-state index in [1.807, 2.05) is 36.4 Å². The molecule has 0 atom stereocenters. The molecule has 0 spiro atoms. The lowest BCUT2D eigenvalue weighted by atomic mass is 10.2. The molecule has 0 radical (unpaired) electrons. The van der Waals surface area contributed by atoms with Crippen LogP contribution in [0.25, 0.3) is 0 Å². The fraction of sp³-hybridized carbons (Fsp3) is 0.176. The van der Waals surface area contributed by atoms with Gasteiger partial charge >= 0.3 is 6.09 Å². The number of aldehydes is 1. The highest BCUT2D eigenvalue weighted by Crippen LogP contribution is 2.12. The summed E-state index contributed by atoms with van der Waals surface area (Å²) in [5.41, 5.74) is 0.945. The minimum Gasteiger partial charge on any atom is -0.445 e. The van der Waals surface area contributed by atoms with E-state index in [9.17, 15) is 9.59 Å². The van der Waals surface area contributed by atoms with Crippen molar-refractivity contribution < 1.29 is 14.3 Å². The van der Waals surface area contributed by atoms with E-state index in [-0.39, 0.29) is 6.61 Å². The molecular weight excluding hydrogens is 298 g/mol. The predicted molar refractivity (Wildman–Crippen MR) is 85.8 cm³/mol. The van der Waals surface area contributed by atoms with E-state index >= 15 is 0 Å². The van der Waals surface area contributed by atoms with Gasteiger partial charge in [0.05, 0.1) is 9.75 Å². The van der Waals surface area contributed by atoms with Crippen LogP contribution in [0.15, 0.2) is 42.5 Å². The van der Waals surface area contributed by atoms with Crippen LogP contribution in [-0.4, -0.2) is 18.9 Å². The molecule has 5 heteroatoms. The lowest BCUT2D eigenvalue weighted by molar-refractivity contribution is 0.112. The Morgan fingerprint density at radius 2 is 2.05 bits per heavy atom. The molecule has 0 saturated carbocycles. The second kappa shape index (κ2) is 8.65. The van der Waals surface area contributed by atoms with E-state index in [4.69, 9.17) is 4.74 Å². The monoisotopic (exact) mass is 313 g/mol. The van der Waals surface area contributed by atoms with Crippen LogP contribution < -0.4 is 5.32 Å². The average molecular weight is 313 g/mol. The molecular formula is C17H15NO3S. The lowest BCUT2D eigenvalue weighted by Crippen LogP contribution is -2.24. The molecule has 1 aromatic heterocycles. The van der Waals surface area contributed by atoms with Crippen LogP contribution in [0.5, 0.6) is 0 Å².